The summed E-state index contributed by atoms with van der Waals surface area (Å²) in [5.41, 5.74) is 3.96. The molecule has 0 saturated carbocycles. The van der Waals surface area contributed by atoms with Crippen molar-refractivity contribution in [3.63, 3.8) is 0 Å². The second-order valence-corrected chi connectivity index (χ2v) is 9.26. The number of rotatable bonds is 6. The van der Waals surface area contributed by atoms with Gasteiger partial charge in [-0.15, -0.1) is 0 Å². The first-order valence-electron chi connectivity index (χ1n) is 10.0. The van der Waals surface area contributed by atoms with Gasteiger partial charge in [0, 0.05) is 19.2 Å². The van der Waals surface area contributed by atoms with E-state index in [-0.39, 0.29) is 29.4 Å². The van der Waals surface area contributed by atoms with E-state index in [4.69, 9.17) is 4.74 Å². The summed E-state index contributed by atoms with van der Waals surface area (Å²) < 4.78 is 32.1. The fourth-order valence-corrected chi connectivity index (χ4v) is 4.91. The summed E-state index contributed by atoms with van der Waals surface area (Å²) in [5, 5.41) is 18.1. The molecule has 3 aromatic carbocycles. The molecule has 0 bridgehead atoms. The van der Waals surface area contributed by atoms with Crippen molar-refractivity contribution < 1.29 is 18.1 Å². The van der Waals surface area contributed by atoms with Gasteiger partial charge < -0.3 is 4.74 Å². The number of hydrogen-bond donors (Lipinski definition) is 1. The normalized spacial score (nSPS) is 15.6. The van der Waals surface area contributed by atoms with Gasteiger partial charge >= 0.3 is 0 Å². The molecule has 0 amide bonds. The van der Waals surface area contributed by atoms with E-state index < -0.39 is 14.9 Å². The minimum atomic E-state index is -3.84. The minimum Gasteiger partial charge on any atom is -0.379 e. The molecule has 1 N–H and O–H groups in total. The van der Waals surface area contributed by atoms with Crippen LogP contribution >= 0.6 is 0 Å². The van der Waals surface area contributed by atoms with Gasteiger partial charge in [-0.1, -0.05) is 36.4 Å². The van der Waals surface area contributed by atoms with Crippen molar-refractivity contribution in [1.29, 1.82) is 0 Å². The molecular formula is C22H22N4O5S. The van der Waals surface area contributed by atoms with E-state index in [1.165, 1.54) is 16.4 Å². The molecule has 10 heteroatoms. The van der Waals surface area contributed by atoms with Gasteiger partial charge in [0.25, 0.3) is 5.69 Å². The molecule has 0 radical (unpaired) electrons. The third-order valence-corrected chi connectivity index (χ3v) is 7.18. The topological polar surface area (TPSA) is 114 Å². The van der Waals surface area contributed by atoms with Gasteiger partial charge in [-0.05, 0) is 41.5 Å². The summed E-state index contributed by atoms with van der Waals surface area (Å²) >= 11 is 0. The van der Waals surface area contributed by atoms with Gasteiger partial charge in [0.2, 0.25) is 10.0 Å². The van der Waals surface area contributed by atoms with Crippen molar-refractivity contribution in [3.8, 4) is 0 Å². The second kappa shape index (κ2) is 9.03. The van der Waals surface area contributed by atoms with E-state index in [0.29, 0.717) is 18.9 Å². The number of fused-ring (bicyclic) bond motifs is 1. The van der Waals surface area contributed by atoms with Gasteiger partial charge in [-0.2, -0.15) is 9.41 Å². The third-order valence-electron chi connectivity index (χ3n) is 5.29. The molecule has 166 valence electrons. The van der Waals surface area contributed by atoms with Gasteiger partial charge in [0.1, 0.15) is 5.69 Å². The standard InChI is InChI=1S/C22H22N4O5S/c1-16(18-7-6-17-4-2-3-5-19(17)14-18)23-24-21-9-8-20(15-22(21)26(27)28)32(29,30)25-10-12-31-13-11-25/h2-9,14-15,24H,10-13H2,1H3. The average molecular weight is 455 g/mol. The van der Waals surface area contributed by atoms with Crippen LogP contribution in [0.1, 0.15) is 12.5 Å². The van der Waals surface area contributed by atoms with Gasteiger partial charge in [0.05, 0.1) is 28.7 Å². The van der Waals surface area contributed by atoms with Crippen molar-refractivity contribution in [2.75, 3.05) is 31.7 Å². The molecular weight excluding hydrogens is 432 g/mol. The molecule has 1 aliphatic heterocycles. The number of nitrogens with zero attached hydrogens (tertiary/aromatic N) is 3. The molecule has 4 rings (SSSR count). The zero-order valence-electron chi connectivity index (χ0n) is 17.4. The van der Waals surface area contributed by atoms with Crippen LogP contribution in [0.2, 0.25) is 0 Å². The first kappa shape index (κ1) is 21.9. The molecule has 3 aromatic rings. The Bertz CT molecular complexity index is 1300. The van der Waals surface area contributed by atoms with Crippen molar-refractivity contribution in [2.24, 2.45) is 5.10 Å². The molecule has 32 heavy (non-hydrogen) atoms. The summed E-state index contributed by atoms with van der Waals surface area (Å²) in [7, 11) is -3.84. The van der Waals surface area contributed by atoms with Crippen molar-refractivity contribution >= 4 is 37.9 Å². The van der Waals surface area contributed by atoms with Gasteiger partial charge in [-0.3, -0.25) is 15.5 Å². The van der Waals surface area contributed by atoms with Gasteiger partial charge in [-0.25, -0.2) is 8.42 Å². The minimum absolute atomic E-state index is 0.107. The quantitative estimate of drug-likeness (QED) is 0.346. The lowest BCUT2D eigenvalue weighted by atomic mass is 10.0. The first-order valence-corrected chi connectivity index (χ1v) is 11.5. The Labute approximate surface area is 185 Å². The molecule has 0 aromatic heterocycles. The van der Waals surface area contributed by atoms with E-state index >= 15 is 0 Å². The van der Waals surface area contributed by atoms with E-state index in [0.717, 1.165) is 22.4 Å². The molecule has 9 nitrogen and oxygen atoms in total. The fourth-order valence-electron chi connectivity index (χ4n) is 3.48. The Hall–Kier alpha value is -3.34. The van der Waals surface area contributed by atoms with E-state index in [1.807, 2.05) is 42.5 Å². The van der Waals surface area contributed by atoms with Crippen LogP contribution in [-0.2, 0) is 14.8 Å². The van der Waals surface area contributed by atoms with E-state index in [2.05, 4.69) is 10.5 Å². The van der Waals surface area contributed by atoms with Crippen molar-refractivity contribution in [2.45, 2.75) is 11.8 Å². The summed E-state index contributed by atoms with van der Waals surface area (Å²) in [5.74, 6) is 0. The zero-order chi connectivity index (χ0) is 22.7. The van der Waals surface area contributed by atoms with Crippen molar-refractivity contribution in [1.82, 2.24) is 4.31 Å². The number of nitro groups is 1. The lowest BCUT2D eigenvalue weighted by Crippen LogP contribution is -2.40. The lowest BCUT2D eigenvalue weighted by molar-refractivity contribution is -0.384. The number of morpholine rings is 1. The van der Waals surface area contributed by atoms with E-state index in [1.54, 1.807) is 6.92 Å². The number of hydrazone groups is 1. The maximum Gasteiger partial charge on any atom is 0.295 e. The Morgan fingerprint density at radius 2 is 1.78 bits per heavy atom. The first-order chi connectivity index (χ1) is 15.4. The summed E-state index contributed by atoms with van der Waals surface area (Å²) in [6, 6.07) is 17.6. The molecule has 0 aliphatic carbocycles. The number of nitrogens with one attached hydrogen (secondary N) is 1. The molecule has 1 fully saturated rings. The molecule has 1 aliphatic rings. The van der Waals surface area contributed by atoms with Crippen LogP contribution in [0.25, 0.3) is 10.8 Å². The monoisotopic (exact) mass is 454 g/mol. The molecule has 0 unspecified atom stereocenters. The predicted octanol–water partition coefficient (Wildman–Crippen LogP) is 3.61. The summed E-state index contributed by atoms with van der Waals surface area (Å²) in [6.07, 6.45) is 0. The highest BCUT2D eigenvalue weighted by molar-refractivity contribution is 7.89. The highest BCUT2D eigenvalue weighted by atomic mass is 32.2. The molecule has 0 spiro atoms. The van der Waals surface area contributed by atoms with Crippen molar-refractivity contribution in [3.05, 3.63) is 76.3 Å². The smallest absolute Gasteiger partial charge is 0.295 e. The van der Waals surface area contributed by atoms with Crippen LogP contribution in [0.15, 0.2) is 70.7 Å². The number of hydrogen-bond acceptors (Lipinski definition) is 7. The molecule has 0 atom stereocenters. The summed E-state index contributed by atoms with van der Waals surface area (Å²) in [4.78, 5) is 10.9. The molecule has 1 saturated heterocycles. The van der Waals surface area contributed by atoms with Crippen LogP contribution in [0.4, 0.5) is 11.4 Å². The number of anilines is 1. The molecule has 1 heterocycles. The number of ether oxygens (including phenoxy) is 1. The lowest BCUT2D eigenvalue weighted by Gasteiger charge is -2.26. The van der Waals surface area contributed by atoms with Crippen LogP contribution in [0.5, 0.6) is 0 Å². The zero-order valence-corrected chi connectivity index (χ0v) is 18.2. The van der Waals surface area contributed by atoms with E-state index in [9.17, 15) is 18.5 Å². The maximum atomic E-state index is 12.8. The number of nitro benzene ring substituents is 1. The largest absolute Gasteiger partial charge is 0.379 e. The Morgan fingerprint density at radius 1 is 1.06 bits per heavy atom. The number of benzene rings is 3. The third kappa shape index (κ3) is 4.47. The highest BCUT2D eigenvalue weighted by Gasteiger charge is 2.28. The summed E-state index contributed by atoms with van der Waals surface area (Å²) in [6.45, 7) is 2.81. The SMILES string of the molecule is CC(=NNc1ccc(S(=O)(=O)N2CCOCC2)cc1[N+](=O)[O-])c1ccc2ccccc2c1. The van der Waals surface area contributed by atoms with Crippen LogP contribution in [0, 0.1) is 10.1 Å². The fraction of sp³-hybridized carbons (Fsp3) is 0.227. The Kier molecular flexibility index (Phi) is 6.17. The number of sulfonamides is 1. The highest BCUT2D eigenvalue weighted by Crippen LogP contribution is 2.29. The second-order valence-electron chi connectivity index (χ2n) is 7.32. The Balaban J connectivity index is 1.61. The Morgan fingerprint density at radius 3 is 2.50 bits per heavy atom. The van der Waals surface area contributed by atoms with Crippen LogP contribution in [-0.4, -0.2) is 49.7 Å². The predicted molar refractivity (Wildman–Crippen MR) is 122 cm³/mol. The van der Waals surface area contributed by atoms with Crippen LogP contribution < -0.4 is 5.43 Å². The van der Waals surface area contributed by atoms with Gasteiger partial charge in [0.15, 0.2) is 0 Å². The van der Waals surface area contributed by atoms with Crippen LogP contribution in [0.3, 0.4) is 0 Å². The average Bonchev–Trinajstić information content (AvgIpc) is 2.82. The maximum absolute atomic E-state index is 12.8.